The topological polar surface area (TPSA) is 34.1 Å². The predicted molar refractivity (Wildman–Crippen MR) is 57.6 cm³/mol. The maximum atomic E-state index is 12.7. The highest BCUT2D eigenvalue weighted by atomic mass is 35.5. The molecule has 2 atom stereocenters. The number of rotatable bonds is 2. The zero-order chi connectivity index (χ0) is 11.2. The van der Waals surface area contributed by atoms with Crippen LogP contribution in [-0.2, 0) is 10.2 Å². The second-order valence-corrected chi connectivity index (χ2v) is 5.86. The summed E-state index contributed by atoms with van der Waals surface area (Å²) in [6.45, 7) is 0. The summed E-state index contributed by atoms with van der Waals surface area (Å²) in [5.74, 6) is -0.402. The smallest absolute Gasteiger partial charge is 0.195 e. The summed E-state index contributed by atoms with van der Waals surface area (Å²) < 4.78 is 34.0. The third-order valence-electron chi connectivity index (χ3n) is 2.46. The van der Waals surface area contributed by atoms with Crippen LogP contribution in [0.1, 0.15) is 17.9 Å². The fourth-order valence-electron chi connectivity index (χ4n) is 1.65. The molecule has 0 radical (unpaired) electrons. The van der Waals surface area contributed by atoms with Crippen molar-refractivity contribution in [3.05, 3.63) is 33.8 Å². The lowest BCUT2D eigenvalue weighted by molar-refractivity contribution is 0.549. The van der Waals surface area contributed by atoms with Crippen LogP contribution in [0.5, 0.6) is 0 Å². The SMILES string of the molecule is O=S(=O)(F)C1CC1c1c(Cl)cccc1Cl. The zero-order valence-corrected chi connectivity index (χ0v) is 9.78. The highest BCUT2D eigenvalue weighted by Gasteiger charge is 2.50. The molecule has 1 fully saturated rings. The molecule has 1 aromatic rings. The number of halogens is 3. The zero-order valence-electron chi connectivity index (χ0n) is 7.45. The summed E-state index contributed by atoms with van der Waals surface area (Å²) in [4.78, 5) is 0. The fraction of sp³-hybridized carbons (Fsp3) is 0.333. The molecular weight excluding hydrogens is 262 g/mol. The Balaban J connectivity index is 2.35. The van der Waals surface area contributed by atoms with Gasteiger partial charge in [-0.15, -0.1) is 3.89 Å². The van der Waals surface area contributed by atoms with E-state index in [-0.39, 0.29) is 6.42 Å². The Hall–Kier alpha value is -0.320. The van der Waals surface area contributed by atoms with Gasteiger partial charge in [0.05, 0.1) is 5.25 Å². The predicted octanol–water partition coefficient (Wildman–Crippen LogP) is 3.15. The van der Waals surface area contributed by atoms with Crippen molar-refractivity contribution in [3.8, 4) is 0 Å². The van der Waals surface area contributed by atoms with Crippen molar-refractivity contribution < 1.29 is 12.3 Å². The van der Waals surface area contributed by atoms with E-state index in [1.54, 1.807) is 18.2 Å². The maximum absolute atomic E-state index is 12.7. The Labute approximate surface area is 97.2 Å². The van der Waals surface area contributed by atoms with Crippen molar-refractivity contribution >= 4 is 33.4 Å². The van der Waals surface area contributed by atoms with Crippen molar-refractivity contribution in [2.24, 2.45) is 0 Å². The van der Waals surface area contributed by atoms with Crippen LogP contribution in [0.4, 0.5) is 3.89 Å². The lowest BCUT2D eigenvalue weighted by atomic mass is 10.1. The Kier molecular flexibility index (Phi) is 2.69. The molecule has 0 aromatic heterocycles. The summed E-state index contributed by atoms with van der Waals surface area (Å²) in [5.41, 5.74) is 0.534. The summed E-state index contributed by atoms with van der Waals surface area (Å²) in [7, 11) is -4.48. The van der Waals surface area contributed by atoms with Crippen molar-refractivity contribution in [3.63, 3.8) is 0 Å². The van der Waals surface area contributed by atoms with Crippen LogP contribution < -0.4 is 0 Å². The lowest BCUT2D eigenvalue weighted by Gasteiger charge is -2.04. The summed E-state index contributed by atoms with van der Waals surface area (Å²) in [6, 6.07) is 4.89. The van der Waals surface area contributed by atoms with E-state index in [0.29, 0.717) is 15.6 Å². The molecule has 1 saturated carbocycles. The van der Waals surface area contributed by atoms with Gasteiger partial charge in [-0.3, -0.25) is 0 Å². The second-order valence-electron chi connectivity index (χ2n) is 3.49. The van der Waals surface area contributed by atoms with Gasteiger partial charge in [-0.1, -0.05) is 29.3 Å². The van der Waals surface area contributed by atoms with Crippen molar-refractivity contribution in [1.29, 1.82) is 0 Å². The molecule has 0 aliphatic heterocycles. The van der Waals surface area contributed by atoms with Gasteiger partial charge in [0, 0.05) is 16.0 Å². The summed E-state index contributed by atoms with van der Waals surface area (Å²) in [6.07, 6.45) is 0.252. The molecule has 2 nitrogen and oxygen atoms in total. The number of benzene rings is 1. The first kappa shape index (κ1) is 11.2. The molecule has 1 aliphatic carbocycles. The van der Waals surface area contributed by atoms with E-state index < -0.39 is 21.4 Å². The van der Waals surface area contributed by atoms with Gasteiger partial charge >= 0.3 is 10.2 Å². The minimum absolute atomic E-state index is 0.252. The molecule has 2 unspecified atom stereocenters. The van der Waals surface area contributed by atoms with Crippen LogP contribution in [0.25, 0.3) is 0 Å². The molecule has 2 rings (SSSR count). The Morgan fingerprint density at radius 2 is 1.80 bits per heavy atom. The van der Waals surface area contributed by atoms with Gasteiger partial charge in [0.25, 0.3) is 0 Å². The van der Waals surface area contributed by atoms with E-state index in [4.69, 9.17) is 23.2 Å². The van der Waals surface area contributed by atoms with E-state index in [2.05, 4.69) is 0 Å². The Bertz CT molecular complexity index is 481. The quantitative estimate of drug-likeness (QED) is 0.773. The van der Waals surface area contributed by atoms with Crippen LogP contribution in [0, 0.1) is 0 Å². The van der Waals surface area contributed by atoms with Gasteiger partial charge < -0.3 is 0 Å². The molecule has 0 amide bonds. The van der Waals surface area contributed by atoms with Crippen molar-refractivity contribution in [1.82, 2.24) is 0 Å². The molecule has 1 aliphatic rings. The van der Waals surface area contributed by atoms with Gasteiger partial charge in [0.1, 0.15) is 0 Å². The summed E-state index contributed by atoms with van der Waals surface area (Å²) in [5, 5.41) is -0.202. The van der Waals surface area contributed by atoms with Crippen LogP contribution in [0.15, 0.2) is 18.2 Å². The molecule has 82 valence electrons. The first-order valence-electron chi connectivity index (χ1n) is 4.28. The Morgan fingerprint density at radius 3 is 2.20 bits per heavy atom. The molecular formula is C9H7Cl2FO2S. The first-order valence-corrected chi connectivity index (χ1v) is 6.49. The van der Waals surface area contributed by atoms with Crippen molar-refractivity contribution in [2.75, 3.05) is 0 Å². The summed E-state index contributed by atoms with van der Waals surface area (Å²) >= 11 is 11.8. The van der Waals surface area contributed by atoms with Gasteiger partial charge in [0.2, 0.25) is 0 Å². The average Bonchev–Trinajstić information content (AvgIpc) is 2.82. The monoisotopic (exact) mass is 268 g/mol. The molecule has 6 heteroatoms. The largest absolute Gasteiger partial charge is 0.305 e. The molecule has 0 spiro atoms. The van der Waals surface area contributed by atoms with Crippen LogP contribution >= 0.6 is 23.2 Å². The molecule has 0 bridgehead atoms. The van der Waals surface area contributed by atoms with E-state index in [1.165, 1.54) is 0 Å². The number of hydrogen-bond acceptors (Lipinski definition) is 2. The van der Waals surface area contributed by atoms with Crippen LogP contribution in [0.3, 0.4) is 0 Å². The van der Waals surface area contributed by atoms with E-state index in [1.807, 2.05) is 0 Å². The molecule has 0 heterocycles. The lowest BCUT2D eigenvalue weighted by Crippen LogP contribution is -2.01. The normalized spacial score (nSPS) is 25.3. The molecule has 1 aromatic carbocycles. The van der Waals surface area contributed by atoms with Gasteiger partial charge in [0.15, 0.2) is 0 Å². The van der Waals surface area contributed by atoms with Crippen molar-refractivity contribution in [2.45, 2.75) is 17.6 Å². The highest BCUT2D eigenvalue weighted by Crippen LogP contribution is 2.50. The van der Waals surface area contributed by atoms with E-state index in [0.717, 1.165) is 0 Å². The van der Waals surface area contributed by atoms with Crippen LogP contribution in [0.2, 0.25) is 10.0 Å². The second kappa shape index (κ2) is 3.61. The van der Waals surface area contributed by atoms with E-state index in [9.17, 15) is 12.3 Å². The maximum Gasteiger partial charge on any atom is 0.305 e. The fourth-order valence-corrected chi connectivity index (χ4v) is 3.29. The first-order chi connectivity index (χ1) is 6.91. The van der Waals surface area contributed by atoms with Crippen LogP contribution in [-0.4, -0.2) is 13.7 Å². The molecule has 0 saturated heterocycles. The van der Waals surface area contributed by atoms with Gasteiger partial charge in [-0.05, 0) is 24.1 Å². The average molecular weight is 269 g/mol. The third-order valence-corrected chi connectivity index (χ3v) is 4.37. The van der Waals surface area contributed by atoms with E-state index >= 15 is 0 Å². The van der Waals surface area contributed by atoms with Gasteiger partial charge in [-0.2, -0.15) is 8.42 Å². The minimum atomic E-state index is -4.48. The standard InChI is InChI=1S/C9H7Cl2FO2S/c10-6-2-1-3-7(11)9(6)5-4-8(5)15(12,13)14/h1-3,5,8H,4H2. The molecule has 0 N–H and O–H groups in total. The minimum Gasteiger partial charge on any atom is -0.195 e. The third kappa shape index (κ3) is 2.12. The molecule has 15 heavy (non-hydrogen) atoms. The van der Waals surface area contributed by atoms with Gasteiger partial charge in [-0.25, -0.2) is 0 Å². The number of hydrogen-bond donors (Lipinski definition) is 0. The Morgan fingerprint density at radius 1 is 1.27 bits per heavy atom. The highest BCUT2D eigenvalue weighted by molar-refractivity contribution is 7.87.